The van der Waals surface area contributed by atoms with Gasteiger partial charge in [0, 0.05) is 25.7 Å². The fourth-order valence-electron chi connectivity index (χ4n) is 10.7. The molecule has 0 aliphatic carbocycles. The van der Waals surface area contributed by atoms with Gasteiger partial charge in [-0.3, -0.25) is 37.3 Å². The van der Waals surface area contributed by atoms with E-state index in [-0.39, 0.29) is 25.7 Å². The Hall–Kier alpha value is -1.94. The highest BCUT2D eigenvalue weighted by molar-refractivity contribution is 7.47. The summed E-state index contributed by atoms with van der Waals surface area (Å²) in [6.45, 7) is 11.9. The van der Waals surface area contributed by atoms with Crippen LogP contribution in [0.1, 0.15) is 357 Å². The van der Waals surface area contributed by atoms with Crippen LogP contribution in [0.4, 0.5) is 0 Å². The summed E-state index contributed by atoms with van der Waals surface area (Å²) < 4.78 is 68.3. The molecule has 0 aliphatic heterocycles. The van der Waals surface area contributed by atoms with Crippen LogP contribution in [0.25, 0.3) is 0 Å². The first-order valence-electron chi connectivity index (χ1n) is 36.9. The van der Waals surface area contributed by atoms with E-state index >= 15 is 0 Å². The second-order valence-electron chi connectivity index (χ2n) is 26.6. The van der Waals surface area contributed by atoms with Crippen LogP contribution < -0.4 is 0 Å². The minimum atomic E-state index is -4.95. The molecule has 0 radical (unpaired) electrons. The van der Waals surface area contributed by atoms with Crippen molar-refractivity contribution in [2.45, 2.75) is 375 Å². The SMILES string of the molecule is CCCCCCCCCCCC(=O)OC[C@H](COP(=O)(O)OC[C@H](O)COP(=O)(O)OC[C@@H](COC(=O)CCCCCCCCCCCCC(C)CC)OC(=O)CCCCCCCCCCCCC(C)CC)OC(=O)CCCCCCCCCCCCC(C)C. The Bertz CT molecular complexity index is 1770. The molecular weight excluding hydrogens is 1190 g/mol. The molecule has 0 fully saturated rings. The van der Waals surface area contributed by atoms with Gasteiger partial charge in [-0.2, -0.15) is 0 Å². The van der Waals surface area contributed by atoms with Crippen LogP contribution in [0.5, 0.6) is 0 Å². The maximum atomic E-state index is 13.0. The van der Waals surface area contributed by atoms with Crippen molar-refractivity contribution in [3.8, 4) is 0 Å². The first kappa shape index (κ1) is 88.1. The molecule has 0 aliphatic rings. The molecule has 0 rings (SSSR count). The molecule has 0 aromatic heterocycles. The maximum absolute atomic E-state index is 13.0. The fourth-order valence-corrected chi connectivity index (χ4v) is 12.2. The lowest BCUT2D eigenvalue weighted by Gasteiger charge is -2.21. The lowest BCUT2D eigenvalue weighted by atomic mass is 9.99. The van der Waals surface area contributed by atoms with E-state index < -0.39 is 97.5 Å². The van der Waals surface area contributed by atoms with Crippen LogP contribution in [0.3, 0.4) is 0 Å². The van der Waals surface area contributed by atoms with E-state index in [1.54, 1.807) is 0 Å². The number of hydrogen-bond acceptors (Lipinski definition) is 15. The summed E-state index contributed by atoms with van der Waals surface area (Å²) >= 11 is 0. The molecule has 534 valence electrons. The van der Waals surface area contributed by atoms with Gasteiger partial charge in [-0.15, -0.1) is 0 Å². The molecule has 0 heterocycles. The van der Waals surface area contributed by atoms with Crippen molar-refractivity contribution in [1.82, 2.24) is 0 Å². The lowest BCUT2D eigenvalue weighted by molar-refractivity contribution is -0.161. The summed E-state index contributed by atoms with van der Waals surface area (Å²) in [5.41, 5.74) is 0. The van der Waals surface area contributed by atoms with Crippen molar-refractivity contribution in [1.29, 1.82) is 0 Å². The van der Waals surface area contributed by atoms with Crippen molar-refractivity contribution in [3.63, 3.8) is 0 Å². The summed E-state index contributed by atoms with van der Waals surface area (Å²) in [5.74, 6) is 0.239. The zero-order valence-electron chi connectivity index (χ0n) is 58.6. The van der Waals surface area contributed by atoms with Crippen LogP contribution in [-0.2, 0) is 65.4 Å². The second-order valence-corrected chi connectivity index (χ2v) is 29.5. The Balaban J connectivity index is 5.26. The highest BCUT2D eigenvalue weighted by Crippen LogP contribution is 2.45. The van der Waals surface area contributed by atoms with Gasteiger partial charge in [-0.1, -0.05) is 305 Å². The molecule has 3 N–H and O–H groups in total. The number of unbranched alkanes of at least 4 members (excludes halogenated alkanes) is 35. The number of esters is 4. The van der Waals surface area contributed by atoms with Crippen LogP contribution in [0.15, 0.2) is 0 Å². The number of ether oxygens (including phenoxy) is 4. The summed E-state index contributed by atoms with van der Waals surface area (Å²) in [6, 6.07) is 0. The number of phosphoric ester groups is 2. The predicted molar refractivity (Wildman–Crippen MR) is 363 cm³/mol. The third kappa shape index (κ3) is 62.2. The summed E-state index contributed by atoms with van der Waals surface area (Å²) in [5, 5.41) is 10.6. The first-order chi connectivity index (χ1) is 43.3. The average Bonchev–Trinajstić information content (AvgIpc) is 3.18. The first-order valence-corrected chi connectivity index (χ1v) is 39.9. The minimum absolute atomic E-state index is 0.106. The van der Waals surface area contributed by atoms with Crippen LogP contribution >= 0.6 is 15.6 Å². The zero-order valence-corrected chi connectivity index (χ0v) is 60.4. The monoisotopic (exact) mass is 1320 g/mol. The lowest BCUT2D eigenvalue weighted by Crippen LogP contribution is -2.30. The van der Waals surface area contributed by atoms with Gasteiger partial charge in [0.1, 0.15) is 19.3 Å². The van der Waals surface area contributed by atoms with Crippen molar-refractivity contribution in [3.05, 3.63) is 0 Å². The molecule has 7 atom stereocenters. The highest BCUT2D eigenvalue weighted by atomic mass is 31.2. The number of aliphatic hydroxyl groups excluding tert-OH is 1. The van der Waals surface area contributed by atoms with E-state index in [0.29, 0.717) is 25.7 Å². The van der Waals surface area contributed by atoms with Gasteiger partial charge in [0.05, 0.1) is 26.4 Å². The number of carbonyl (C=O) groups is 4. The number of carbonyl (C=O) groups excluding carboxylic acids is 4. The molecule has 4 unspecified atom stereocenters. The summed E-state index contributed by atoms with van der Waals surface area (Å²) in [6.07, 6.45) is 45.6. The quantitative estimate of drug-likeness (QED) is 0.0222. The third-order valence-electron chi connectivity index (χ3n) is 17.1. The molecule has 0 aromatic rings. The van der Waals surface area contributed by atoms with E-state index in [1.165, 1.54) is 167 Å². The largest absolute Gasteiger partial charge is 0.472 e. The molecular formula is C71H138O17P2. The Kier molecular flexibility index (Phi) is 60.6. The molecule has 0 amide bonds. The maximum Gasteiger partial charge on any atom is 0.472 e. The predicted octanol–water partition coefficient (Wildman–Crippen LogP) is 20.2. The van der Waals surface area contributed by atoms with Gasteiger partial charge in [0.15, 0.2) is 12.2 Å². The molecule has 0 saturated heterocycles. The smallest absolute Gasteiger partial charge is 0.462 e. The van der Waals surface area contributed by atoms with Gasteiger partial charge in [0.2, 0.25) is 0 Å². The van der Waals surface area contributed by atoms with Gasteiger partial charge in [0.25, 0.3) is 0 Å². The summed E-state index contributed by atoms with van der Waals surface area (Å²) in [4.78, 5) is 72.6. The van der Waals surface area contributed by atoms with E-state index in [9.17, 15) is 43.2 Å². The summed E-state index contributed by atoms with van der Waals surface area (Å²) in [7, 11) is -9.90. The highest BCUT2D eigenvalue weighted by Gasteiger charge is 2.30. The fraction of sp³-hybridized carbons (Fsp3) is 0.944. The number of aliphatic hydroxyl groups is 1. The molecule has 0 aromatic carbocycles. The van der Waals surface area contributed by atoms with Gasteiger partial charge >= 0.3 is 39.5 Å². The van der Waals surface area contributed by atoms with E-state index in [2.05, 4.69) is 48.5 Å². The van der Waals surface area contributed by atoms with Gasteiger partial charge < -0.3 is 33.8 Å². The molecule has 0 saturated carbocycles. The van der Waals surface area contributed by atoms with E-state index in [4.69, 9.17) is 37.0 Å². The van der Waals surface area contributed by atoms with Crippen molar-refractivity contribution in [2.24, 2.45) is 17.8 Å². The molecule has 0 bridgehead atoms. The Morgan fingerprint density at radius 2 is 0.567 bits per heavy atom. The van der Waals surface area contributed by atoms with Crippen molar-refractivity contribution in [2.75, 3.05) is 39.6 Å². The average molecular weight is 1330 g/mol. The standard InChI is InChI=1S/C71H138O17P2/c1-8-11-12-13-14-21-31-38-45-52-68(73)81-58-66(87-70(75)54-47-40-33-26-18-15-22-28-35-42-49-62(4)5)60-85-89(77,78)83-56-65(72)57-84-90(79,80)86-61-67(88-71(76)55-48-41-34-27-20-17-24-30-37-44-51-64(7)10-3)59-82-69(74)53-46-39-32-25-19-16-23-29-36-43-50-63(6)9-2/h62-67,72H,8-61H2,1-7H3,(H,77,78)(H,79,80)/t63?,64?,65-,66+,67+/m0/s1. The molecule has 0 spiro atoms. The van der Waals surface area contributed by atoms with Crippen LogP contribution in [0.2, 0.25) is 0 Å². The zero-order chi connectivity index (χ0) is 66.6. The molecule has 90 heavy (non-hydrogen) atoms. The number of rotatable bonds is 69. The Morgan fingerprint density at radius 3 is 0.844 bits per heavy atom. The topological polar surface area (TPSA) is 237 Å². The van der Waals surface area contributed by atoms with Gasteiger partial charge in [-0.05, 0) is 43.4 Å². The van der Waals surface area contributed by atoms with Crippen LogP contribution in [-0.4, -0.2) is 96.7 Å². The third-order valence-corrected chi connectivity index (χ3v) is 19.0. The molecule has 17 nitrogen and oxygen atoms in total. The van der Waals surface area contributed by atoms with Crippen LogP contribution in [0, 0.1) is 17.8 Å². The van der Waals surface area contributed by atoms with Crippen molar-refractivity contribution >= 4 is 39.5 Å². The van der Waals surface area contributed by atoms with Gasteiger partial charge in [-0.25, -0.2) is 9.13 Å². The van der Waals surface area contributed by atoms with E-state index in [1.807, 2.05) is 0 Å². The van der Waals surface area contributed by atoms with E-state index in [0.717, 1.165) is 108 Å². The number of phosphoric acid groups is 2. The normalized spacial score (nSPS) is 14.8. The van der Waals surface area contributed by atoms with Crippen molar-refractivity contribution < 1.29 is 80.2 Å². The molecule has 19 heteroatoms. The second kappa shape index (κ2) is 61.9. The number of hydrogen-bond donors (Lipinski definition) is 3. The minimum Gasteiger partial charge on any atom is -0.462 e. The Labute approximate surface area is 549 Å². The Morgan fingerprint density at radius 1 is 0.322 bits per heavy atom.